The van der Waals surface area contributed by atoms with Crippen molar-refractivity contribution in [2.24, 2.45) is 7.05 Å². The van der Waals surface area contributed by atoms with Gasteiger partial charge in [0.1, 0.15) is 30.3 Å². The lowest BCUT2D eigenvalue weighted by molar-refractivity contribution is 0.143. The number of hydrogen-bond donors (Lipinski definition) is 0. The maximum absolute atomic E-state index is 12.2. The smallest absolute Gasteiger partial charge is 0.232 e. The molecular formula is C20H20N6O4. The molecule has 0 fully saturated rings. The molecule has 0 saturated carbocycles. The molecule has 0 bridgehead atoms. The quantitative estimate of drug-likeness (QED) is 0.404. The van der Waals surface area contributed by atoms with Gasteiger partial charge in [-0.05, 0) is 12.1 Å². The van der Waals surface area contributed by atoms with E-state index in [2.05, 4.69) is 20.2 Å². The Morgan fingerprint density at radius 3 is 2.77 bits per heavy atom. The van der Waals surface area contributed by atoms with Crippen molar-refractivity contribution < 1.29 is 14.2 Å². The van der Waals surface area contributed by atoms with Gasteiger partial charge in [0.05, 0.1) is 36.2 Å². The van der Waals surface area contributed by atoms with Gasteiger partial charge in [-0.3, -0.25) is 9.48 Å². The summed E-state index contributed by atoms with van der Waals surface area (Å²) in [5.74, 6) is 0.949. The van der Waals surface area contributed by atoms with Crippen molar-refractivity contribution in [2.75, 3.05) is 20.3 Å². The Hall–Kier alpha value is -3.79. The molecule has 0 spiro atoms. The van der Waals surface area contributed by atoms with E-state index in [4.69, 9.17) is 14.2 Å². The summed E-state index contributed by atoms with van der Waals surface area (Å²) in [6, 6.07) is 6.76. The summed E-state index contributed by atoms with van der Waals surface area (Å²) in [5.41, 5.74) is 2.16. The fourth-order valence-electron chi connectivity index (χ4n) is 2.73. The highest BCUT2D eigenvalue weighted by molar-refractivity contribution is 5.76. The molecule has 154 valence electrons. The molecule has 4 rings (SSSR count). The predicted octanol–water partition coefficient (Wildman–Crippen LogP) is 1.51. The Kier molecular flexibility index (Phi) is 5.66. The Morgan fingerprint density at radius 2 is 1.97 bits per heavy atom. The zero-order valence-electron chi connectivity index (χ0n) is 16.6. The van der Waals surface area contributed by atoms with Gasteiger partial charge in [0.2, 0.25) is 11.3 Å². The molecule has 3 heterocycles. The van der Waals surface area contributed by atoms with E-state index in [0.29, 0.717) is 35.9 Å². The molecule has 0 amide bonds. The first-order valence-corrected chi connectivity index (χ1v) is 9.21. The fraction of sp³-hybridized carbons (Fsp3) is 0.250. The molecule has 10 nitrogen and oxygen atoms in total. The third-order valence-electron chi connectivity index (χ3n) is 4.24. The van der Waals surface area contributed by atoms with Crippen LogP contribution in [0.25, 0.3) is 16.7 Å². The topological polar surface area (TPSA) is 106 Å². The molecule has 0 N–H and O–H groups in total. The minimum Gasteiger partial charge on any atom is -0.487 e. The third kappa shape index (κ3) is 4.44. The highest BCUT2D eigenvalue weighted by Crippen LogP contribution is 2.20. The molecule has 1 aromatic carbocycles. The van der Waals surface area contributed by atoms with Crippen LogP contribution in [0, 0.1) is 0 Å². The van der Waals surface area contributed by atoms with E-state index >= 15 is 0 Å². The maximum atomic E-state index is 12.2. The monoisotopic (exact) mass is 408 g/mol. The molecule has 0 atom stereocenters. The van der Waals surface area contributed by atoms with Crippen molar-refractivity contribution in [3.8, 4) is 17.3 Å². The molecule has 0 radical (unpaired) electrons. The average molecular weight is 408 g/mol. The predicted molar refractivity (Wildman–Crippen MR) is 108 cm³/mol. The van der Waals surface area contributed by atoms with Gasteiger partial charge in [0.25, 0.3) is 0 Å². The van der Waals surface area contributed by atoms with Crippen molar-refractivity contribution in [1.29, 1.82) is 0 Å². The average Bonchev–Trinajstić information content (AvgIpc) is 3.19. The van der Waals surface area contributed by atoms with Crippen LogP contribution < -0.4 is 14.9 Å². The van der Waals surface area contributed by atoms with E-state index in [1.54, 1.807) is 59.5 Å². The van der Waals surface area contributed by atoms with Gasteiger partial charge in [-0.1, -0.05) is 0 Å². The number of methoxy groups -OCH3 is 1. The van der Waals surface area contributed by atoms with Crippen LogP contribution in [0.2, 0.25) is 0 Å². The summed E-state index contributed by atoms with van der Waals surface area (Å²) in [6.07, 6.45) is 6.62. The lowest BCUT2D eigenvalue weighted by atomic mass is 10.3. The van der Waals surface area contributed by atoms with Crippen molar-refractivity contribution >= 4 is 11.0 Å². The van der Waals surface area contributed by atoms with Crippen LogP contribution in [-0.4, -0.2) is 49.9 Å². The summed E-state index contributed by atoms with van der Waals surface area (Å²) >= 11 is 0. The second-order valence-electron chi connectivity index (χ2n) is 6.43. The highest BCUT2D eigenvalue weighted by Gasteiger charge is 2.08. The van der Waals surface area contributed by atoms with Crippen LogP contribution >= 0.6 is 0 Å². The SMILES string of the molecule is COCCOc1cnc2ccc(OCc3nn(-c4cnn(C)c4)ccc3=O)cc2n1. The fourth-order valence-corrected chi connectivity index (χ4v) is 2.73. The first kappa shape index (κ1) is 19.5. The molecular weight excluding hydrogens is 388 g/mol. The van der Waals surface area contributed by atoms with Gasteiger partial charge in [-0.15, -0.1) is 0 Å². The Bertz CT molecular complexity index is 1220. The lowest BCUT2D eigenvalue weighted by Gasteiger charge is -2.09. The number of aryl methyl sites for hydroxylation is 1. The molecule has 10 heteroatoms. The summed E-state index contributed by atoms with van der Waals surface area (Å²) in [4.78, 5) is 20.9. The number of benzene rings is 1. The van der Waals surface area contributed by atoms with Crippen LogP contribution in [0.4, 0.5) is 0 Å². The number of ether oxygens (including phenoxy) is 3. The lowest BCUT2D eigenvalue weighted by Crippen LogP contribution is -2.17. The van der Waals surface area contributed by atoms with E-state index in [1.807, 2.05) is 7.05 Å². The van der Waals surface area contributed by atoms with Gasteiger partial charge in [0.15, 0.2) is 0 Å². The molecule has 3 aromatic heterocycles. The number of rotatable bonds is 8. The normalized spacial score (nSPS) is 11.0. The van der Waals surface area contributed by atoms with E-state index in [0.717, 1.165) is 5.69 Å². The Balaban J connectivity index is 1.51. The summed E-state index contributed by atoms with van der Waals surface area (Å²) in [5, 5.41) is 8.47. The van der Waals surface area contributed by atoms with Gasteiger partial charge in [0, 0.05) is 32.5 Å². The second-order valence-corrected chi connectivity index (χ2v) is 6.43. The summed E-state index contributed by atoms with van der Waals surface area (Å²) in [7, 11) is 3.42. The van der Waals surface area contributed by atoms with E-state index in [-0.39, 0.29) is 17.7 Å². The summed E-state index contributed by atoms with van der Waals surface area (Å²) in [6.45, 7) is 0.863. The van der Waals surface area contributed by atoms with Crippen LogP contribution in [0.5, 0.6) is 11.6 Å². The summed E-state index contributed by atoms with van der Waals surface area (Å²) < 4.78 is 19.5. The molecule has 0 saturated heterocycles. The molecule has 0 aliphatic rings. The molecule has 0 aliphatic carbocycles. The van der Waals surface area contributed by atoms with Crippen LogP contribution in [0.15, 0.2) is 53.8 Å². The molecule has 4 aromatic rings. The van der Waals surface area contributed by atoms with Crippen LogP contribution in [0.3, 0.4) is 0 Å². The highest BCUT2D eigenvalue weighted by atomic mass is 16.5. The van der Waals surface area contributed by atoms with Gasteiger partial charge in [-0.2, -0.15) is 10.2 Å². The van der Waals surface area contributed by atoms with Crippen molar-refractivity contribution in [3.63, 3.8) is 0 Å². The Labute approximate surface area is 171 Å². The molecule has 30 heavy (non-hydrogen) atoms. The third-order valence-corrected chi connectivity index (χ3v) is 4.24. The first-order chi connectivity index (χ1) is 14.6. The Morgan fingerprint density at radius 1 is 1.07 bits per heavy atom. The van der Waals surface area contributed by atoms with Crippen molar-refractivity contribution in [3.05, 3.63) is 65.0 Å². The van der Waals surface area contributed by atoms with Gasteiger partial charge in [-0.25, -0.2) is 14.6 Å². The zero-order chi connectivity index (χ0) is 20.9. The zero-order valence-corrected chi connectivity index (χ0v) is 16.6. The van der Waals surface area contributed by atoms with Gasteiger partial charge < -0.3 is 14.2 Å². The standard InChI is InChI=1S/C20H20N6O4/c1-25-12-14(10-22-25)26-6-5-19(27)18(24-26)13-30-15-3-4-16-17(9-15)23-20(11-21-16)29-8-7-28-2/h3-6,9-12H,7-8,13H2,1-2H3. The van der Waals surface area contributed by atoms with Gasteiger partial charge >= 0.3 is 0 Å². The second kappa shape index (κ2) is 8.70. The molecule has 0 unspecified atom stereocenters. The number of nitrogens with zero attached hydrogens (tertiary/aromatic N) is 6. The van der Waals surface area contributed by atoms with E-state index in [9.17, 15) is 4.79 Å². The van der Waals surface area contributed by atoms with E-state index < -0.39 is 0 Å². The first-order valence-electron chi connectivity index (χ1n) is 9.21. The number of hydrogen-bond acceptors (Lipinski definition) is 8. The van der Waals surface area contributed by atoms with Crippen molar-refractivity contribution in [2.45, 2.75) is 6.61 Å². The molecule has 0 aliphatic heterocycles. The van der Waals surface area contributed by atoms with E-state index in [1.165, 1.54) is 6.07 Å². The number of fused-ring (bicyclic) bond motifs is 1. The minimum atomic E-state index is -0.204. The van der Waals surface area contributed by atoms with Crippen molar-refractivity contribution in [1.82, 2.24) is 29.5 Å². The largest absolute Gasteiger partial charge is 0.487 e. The van der Waals surface area contributed by atoms with Crippen LogP contribution in [-0.2, 0) is 18.4 Å². The van der Waals surface area contributed by atoms with Crippen LogP contribution in [0.1, 0.15) is 5.69 Å². The minimum absolute atomic E-state index is 0.0168. The maximum Gasteiger partial charge on any atom is 0.232 e. The number of aromatic nitrogens is 6.